The van der Waals surface area contributed by atoms with Gasteiger partial charge in [0.15, 0.2) is 0 Å². The number of rotatable bonds is 7. The normalized spacial score (nSPS) is 17.4. The molecular formula is C22H21ClN4O. The van der Waals surface area contributed by atoms with E-state index < -0.39 is 5.54 Å². The van der Waals surface area contributed by atoms with Crippen molar-refractivity contribution in [2.75, 3.05) is 13.0 Å². The Morgan fingerprint density at radius 3 is 2.46 bits per heavy atom. The minimum Gasteiger partial charge on any atom is -0.496 e. The number of allylic oxidation sites excluding steroid dienone is 3. The molecule has 0 aliphatic carbocycles. The maximum absolute atomic E-state index is 9.47. The lowest BCUT2D eigenvalue weighted by molar-refractivity contribution is 0.404. The number of ether oxygens (including phenoxy) is 1. The van der Waals surface area contributed by atoms with E-state index in [0.717, 1.165) is 24.0 Å². The van der Waals surface area contributed by atoms with E-state index in [-0.39, 0.29) is 11.1 Å². The number of halogens is 1. The molecular weight excluding hydrogens is 372 g/mol. The van der Waals surface area contributed by atoms with Gasteiger partial charge in [-0.15, -0.1) is 11.6 Å². The Bertz CT molecular complexity index is 954. The molecule has 2 rings (SSSR count). The van der Waals surface area contributed by atoms with Crippen molar-refractivity contribution in [3.8, 4) is 24.0 Å². The summed E-state index contributed by atoms with van der Waals surface area (Å²) in [5, 5.41) is 27.7. The van der Waals surface area contributed by atoms with Gasteiger partial charge in [0.05, 0.1) is 12.7 Å². The summed E-state index contributed by atoms with van der Waals surface area (Å²) in [6, 6.07) is 10.9. The molecule has 0 saturated heterocycles. The fourth-order valence-corrected chi connectivity index (χ4v) is 3.61. The van der Waals surface area contributed by atoms with E-state index in [4.69, 9.17) is 31.9 Å². The molecule has 0 radical (unpaired) electrons. The smallest absolute Gasteiger partial charge is 0.148 e. The minimum atomic E-state index is -0.523. The van der Waals surface area contributed by atoms with E-state index in [1.54, 1.807) is 18.2 Å². The molecule has 1 aromatic rings. The van der Waals surface area contributed by atoms with Gasteiger partial charge < -0.3 is 4.74 Å². The van der Waals surface area contributed by atoms with Crippen LogP contribution in [0.1, 0.15) is 37.8 Å². The zero-order chi connectivity index (χ0) is 20.7. The highest BCUT2D eigenvalue weighted by molar-refractivity contribution is 6.18. The second kappa shape index (κ2) is 9.23. The van der Waals surface area contributed by atoms with Crippen molar-refractivity contribution in [1.82, 2.24) is 0 Å². The highest BCUT2D eigenvalue weighted by Gasteiger charge is 2.34. The number of benzene rings is 1. The summed E-state index contributed by atoms with van der Waals surface area (Å²) in [5.41, 5.74) is 1.67. The first kappa shape index (κ1) is 21.2. The van der Waals surface area contributed by atoms with Gasteiger partial charge in [0.1, 0.15) is 35.1 Å². The minimum absolute atomic E-state index is 0.000367. The lowest BCUT2D eigenvalue weighted by Gasteiger charge is -2.28. The van der Waals surface area contributed by atoms with Crippen molar-refractivity contribution >= 4 is 23.4 Å². The predicted molar refractivity (Wildman–Crippen MR) is 110 cm³/mol. The number of hydrogen-bond donors (Lipinski definition) is 0. The number of nitriles is 3. The molecule has 5 nitrogen and oxygen atoms in total. The van der Waals surface area contributed by atoms with Crippen molar-refractivity contribution in [3.63, 3.8) is 0 Å². The first-order valence-electron chi connectivity index (χ1n) is 8.91. The first-order chi connectivity index (χ1) is 13.4. The largest absolute Gasteiger partial charge is 0.496 e. The van der Waals surface area contributed by atoms with E-state index in [1.165, 1.54) is 7.11 Å². The van der Waals surface area contributed by atoms with Gasteiger partial charge in [0.25, 0.3) is 0 Å². The Morgan fingerprint density at radius 2 is 1.93 bits per heavy atom. The van der Waals surface area contributed by atoms with Crippen LogP contribution in [-0.4, -0.2) is 19.2 Å². The topological polar surface area (TPSA) is 93.0 Å². The van der Waals surface area contributed by atoms with Crippen molar-refractivity contribution in [2.45, 2.75) is 32.2 Å². The number of hydrogen-bond acceptors (Lipinski definition) is 5. The third kappa shape index (κ3) is 4.25. The van der Waals surface area contributed by atoms with Crippen LogP contribution in [0, 0.1) is 39.9 Å². The fourth-order valence-electron chi connectivity index (χ4n) is 3.39. The third-order valence-corrected chi connectivity index (χ3v) is 4.73. The van der Waals surface area contributed by atoms with Crippen molar-refractivity contribution < 1.29 is 4.74 Å². The summed E-state index contributed by atoms with van der Waals surface area (Å²) >= 11 is 5.89. The summed E-state index contributed by atoms with van der Waals surface area (Å²) in [5.74, 6) is 1.35. The van der Waals surface area contributed by atoms with Gasteiger partial charge in [-0.2, -0.15) is 15.8 Å². The molecule has 1 aliphatic rings. The second-order valence-corrected chi connectivity index (χ2v) is 7.32. The standard InChI is InChI=1S/C22H21ClN4O/c1-15(2)9-22(10-16(6-7-23)14-27-22)18-4-5-19(21(8-18)28-3)20(13-26)17(11-24)12-25/h4-5,8,10,14-15H,6-7,9H2,1-3H3. The average Bonchev–Trinajstić information content (AvgIpc) is 3.09. The Labute approximate surface area is 170 Å². The van der Waals surface area contributed by atoms with Crippen molar-refractivity contribution in [3.05, 3.63) is 46.5 Å². The van der Waals surface area contributed by atoms with E-state index in [1.807, 2.05) is 24.4 Å². The number of nitrogens with zero attached hydrogens (tertiary/aromatic N) is 4. The molecule has 1 unspecified atom stereocenters. The van der Waals surface area contributed by atoms with Crippen LogP contribution in [0.15, 0.2) is 40.4 Å². The van der Waals surface area contributed by atoms with Crippen LogP contribution in [-0.2, 0) is 5.54 Å². The Balaban J connectivity index is 2.63. The quantitative estimate of drug-likeness (QED) is 0.487. The summed E-state index contributed by atoms with van der Waals surface area (Å²) in [7, 11) is 1.50. The van der Waals surface area contributed by atoms with Crippen LogP contribution in [0.2, 0.25) is 0 Å². The lowest BCUT2D eigenvalue weighted by Crippen LogP contribution is -2.22. The van der Waals surface area contributed by atoms with Gasteiger partial charge in [-0.1, -0.05) is 19.9 Å². The zero-order valence-electron chi connectivity index (χ0n) is 16.2. The first-order valence-corrected chi connectivity index (χ1v) is 9.44. The maximum atomic E-state index is 9.47. The van der Waals surface area contributed by atoms with Gasteiger partial charge in [-0.05, 0) is 48.1 Å². The Morgan fingerprint density at radius 1 is 1.21 bits per heavy atom. The van der Waals surface area contributed by atoms with Gasteiger partial charge in [-0.3, -0.25) is 4.99 Å². The lowest BCUT2D eigenvalue weighted by atomic mass is 9.81. The van der Waals surface area contributed by atoms with E-state index >= 15 is 0 Å². The van der Waals surface area contributed by atoms with Gasteiger partial charge in [0, 0.05) is 17.7 Å². The molecule has 0 amide bonds. The predicted octanol–water partition coefficient (Wildman–Crippen LogP) is 4.90. The SMILES string of the molecule is COc1cc(C2(CC(C)C)C=C(CCCl)C=N2)ccc1C(C#N)=C(C#N)C#N. The summed E-state index contributed by atoms with van der Waals surface area (Å²) in [4.78, 5) is 4.80. The van der Waals surface area contributed by atoms with Gasteiger partial charge in [-0.25, -0.2) is 0 Å². The van der Waals surface area contributed by atoms with E-state index in [2.05, 4.69) is 19.9 Å². The van der Waals surface area contributed by atoms with Crippen molar-refractivity contribution in [2.24, 2.45) is 10.9 Å². The molecule has 0 aromatic heterocycles. The molecule has 1 atom stereocenters. The van der Waals surface area contributed by atoms with Crippen LogP contribution in [0.3, 0.4) is 0 Å². The zero-order valence-corrected chi connectivity index (χ0v) is 16.9. The summed E-state index contributed by atoms with van der Waals surface area (Å²) in [6.07, 6.45) is 5.56. The maximum Gasteiger partial charge on any atom is 0.148 e. The van der Waals surface area contributed by atoms with E-state index in [0.29, 0.717) is 23.1 Å². The molecule has 6 heteroatoms. The van der Waals surface area contributed by atoms with Crippen LogP contribution >= 0.6 is 11.6 Å². The van der Waals surface area contributed by atoms with Gasteiger partial charge >= 0.3 is 0 Å². The summed E-state index contributed by atoms with van der Waals surface area (Å²) < 4.78 is 5.49. The molecule has 28 heavy (non-hydrogen) atoms. The molecule has 0 fully saturated rings. The van der Waals surface area contributed by atoms with Crippen molar-refractivity contribution in [1.29, 1.82) is 15.8 Å². The Hall–Kier alpha value is -3.07. The molecule has 0 bridgehead atoms. The summed E-state index contributed by atoms with van der Waals surface area (Å²) in [6.45, 7) is 4.28. The molecule has 0 saturated carbocycles. The Kier molecular flexibility index (Phi) is 7.00. The monoisotopic (exact) mass is 392 g/mol. The molecule has 0 N–H and O–H groups in total. The highest BCUT2D eigenvalue weighted by atomic mass is 35.5. The molecule has 142 valence electrons. The average molecular weight is 393 g/mol. The van der Waals surface area contributed by atoms with Crippen LogP contribution < -0.4 is 4.74 Å². The van der Waals surface area contributed by atoms with Gasteiger partial charge in [0.2, 0.25) is 0 Å². The fraction of sp³-hybridized carbons (Fsp3) is 0.364. The van der Waals surface area contributed by atoms with Crippen LogP contribution in [0.5, 0.6) is 5.75 Å². The van der Waals surface area contributed by atoms with E-state index in [9.17, 15) is 5.26 Å². The van der Waals surface area contributed by atoms with Crippen LogP contribution in [0.4, 0.5) is 0 Å². The third-order valence-electron chi connectivity index (χ3n) is 4.54. The van der Waals surface area contributed by atoms with Crippen LogP contribution in [0.25, 0.3) is 5.57 Å². The number of methoxy groups -OCH3 is 1. The highest BCUT2D eigenvalue weighted by Crippen LogP contribution is 2.41. The number of aliphatic imine (C=N–C) groups is 1. The molecule has 1 aromatic carbocycles. The molecule has 1 aliphatic heterocycles. The molecule has 1 heterocycles. The molecule has 0 spiro atoms. The second-order valence-electron chi connectivity index (χ2n) is 6.94. The number of alkyl halides is 1.